The summed E-state index contributed by atoms with van der Waals surface area (Å²) in [5.74, 6) is 0.504. The number of benzene rings is 1. The second kappa shape index (κ2) is 5.53. The van der Waals surface area contributed by atoms with Crippen LogP contribution in [0.2, 0.25) is 0 Å². The highest BCUT2D eigenvalue weighted by Crippen LogP contribution is 2.19. The Morgan fingerprint density at radius 2 is 2.06 bits per heavy atom. The molecule has 0 bridgehead atoms. The van der Waals surface area contributed by atoms with Gasteiger partial charge in [0.2, 0.25) is 0 Å². The molecular weight excluding hydrogens is 212 g/mol. The van der Waals surface area contributed by atoms with Gasteiger partial charge >= 0.3 is 0 Å². The predicted molar refractivity (Wildman–Crippen MR) is 68.1 cm³/mol. The van der Waals surface area contributed by atoms with E-state index in [-0.39, 0.29) is 5.91 Å². The van der Waals surface area contributed by atoms with Crippen molar-refractivity contribution in [2.45, 2.75) is 26.2 Å². The first-order valence-electron chi connectivity index (χ1n) is 6.08. The lowest BCUT2D eigenvalue weighted by Crippen LogP contribution is -2.37. The monoisotopic (exact) mass is 230 g/mol. The summed E-state index contributed by atoms with van der Waals surface area (Å²) in [6.07, 6.45) is 5.62. The zero-order valence-corrected chi connectivity index (χ0v) is 10.1. The number of hydrogen-bond acceptors (Lipinski definition) is 2. The van der Waals surface area contributed by atoms with E-state index in [1.807, 2.05) is 18.2 Å². The van der Waals surface area contributed by atoms with Gasteiger partial charge in [0.05, 0.1) is 0 Å². The normalized spacial score (nSPS) is 19.4. The van der Waals surface area contributed by atoms with Crippen LogP contribution in [0.5, 0.6) is 0 Å². The zero-order chi connectivity index (χ0) is 12.1. The lowest BCUT2D eigenvalue weighted by atomic mass is 9.96. The summed E-state index contributed by atoms with van der Waals surface area (Å²) in [6, 6.07) is 9.22. The lowest BCUT2D eigenvalue weighted by molar-refractivity contribution is 0.0937. The van der Waals surface area contributed by atoms with Gasteiger partial charge in [-0.1, -0.05) is 31.2 Å². The van der Waals surface area contributed by atoms with Crippen molar-refractivity contribution in [3.05, 3.63) is 47.7 Å². The third-order valence-corrected chi connectivity index (χ3v) is 2.96. The van der Waals surface area contributed by atoms with E-state index < -0.39 is 0 Å². The van der Waals surface area contributed by atoms with Crippen molar-refractivity contribution in [2.75, 3.05) is 0 Å². The first-order valence-corrected chi connectivity index (χ1v) is 6.08. The highest BCUT2D eigenvalue weighted by molar-refractivity contribution is 5.93. The first-order chi connectivity index (χ1) is 8.25. The Morgan fingerprint density at radius 3 is 2.76 bits per heavy atom. The van der Waals surface area contributed by atoms with Crippen molar-refractivity contribution < 1.29 is 4.79 Å². The molecule has 0 radical (unpaired) electrons. The van der Waals surface area contributed by atoms with E-state index in [9.17, 15) is 4.79 Å². The van der Waals surface area contributed by atoms with Crippen LogP contribution >= 0.6 is 0 Å². The second-order valence-corrected chi connectivity index (χ2v) is 4.51. The highest BCUT2D eigenvalue weighted by Gasteiger charge is 2.10. The third-order valence-electron chi connectivity index (χ3n) is 2.96. The molecule has 0 spiro atoms. The van der Waals surface area contributed by atoms with Crippen LogP contribution in [0.4, 0.5) is 0 Å². The molecule has 1 aromatic carbocycles. The number of carbonyl (C=O) groups excluding carboxylic acids is 1. The average Bonchev–Trinajstić information content (AvgIpc) is 2.37. The van der Waals surface area contributed by atoms with Crippen LogP contribution in [0, 0.1) is 5.92 Å². The molecule has 0 saturated carbocycles. The number of hydrogen-bond donors (Lipinski definition) is 2. The molecule has 0 heterocycles. The maximum Gasteiger partial charge on any atom is 0.269 e. The van der Waals surface area contributed by atoms with Gasteiger partial charge in [0.15, 0.2) is 0 Å². The molecule has 1 aliphatic carbocycles. The van der Waals surface area contributed by atoms with E-state index in [1.54, 1.807) is 12.1 Å². The maximum atomic E-state index is 11.8. The Bertz CT molecular complexity index is 411. The summed E-state index contributed by atoms with van der Waals surface area (Å²) < 4.78 is 0. The topological polar surface area (TPSA) is 41.1 Å². The number of rotatable bonds is 3. The van der Waals surface area contributed by atoms with E-state index in [0.29, 0.717) is 11.5 Å². The average molecular weight is 230 g/mol. The van der Waals surface area contributed by atoms with Gasteiger partial charge in [0.25, 0.3) is 5.91 Å². The number of hydrazine groups is 1. The Balaban J connectivity index is 1.88. The molecule has 3 heteroatoms. The minimum Gasteiger partial charge on any atom is -0.303 e. The third kappa shape index (κ3) is 3.34. The predicted octanol–water partition coefficient (Wildman–Crippen LogP) is 2.62. The number of carbonyl (C=O) groups is 1. The zero-order valence-electron chi connectivity index (χ0n) is 10.1. The van der Waals surface area contributed by atoms with Gasteiger partial charge in [-0.05, 0) is 37.3 Å². The number of nitrogens with one attached hydrogen (secondary N) is 2. The van der Waals surface area contributed by atoms with Crippen molar-refractivity contribution in [3.8, 4) is 0 Å². The molecule has 0 fully saturated rings. The smallest absolute Gasteiger partial charge is 0.269 e. The van der Waals surface area contributed by atoms with Gasteiger partial charge in [-0.25, -0.2) is 0 Å². The van der Waals surface area contributed by atoms with Crippen molar-refractivity contribution >= 4 is 5.91 Å². The van der Waals surface area contributed by atoms with E-state index >= 15 is 0 Å². The molecular formula is C14H18N2O. The molecule has 3 nitrogen and oxygen atoms in total. The summed E-state index contributed by atoms with van der Waals surface area (Å²) in [6.45, 7) is 2.19. The highest BCUT2D eigenvalue weighted by atomic mass is 16.2. The second-order valence-electron chi connectivity index (χ2n) is 4.51. The summed E-state index contributed by atoms with van der Waals surface area (Å²) >= 11 is 0. The van der Waals surface area contributed by atoms with Gasteiger partial charge in [-0.3, -0.25) is 10.2 Å². The Kier molecular flexibility index (Phi) is 3.81. The van der Waals surface area contributed by atoms with Crippen molar-refractivity contribution in [3.63, 3.8) is 0 Å². The Morgan fingerprint density at radius 1 is 1.29 bits per heavy atom. The molecule has 1 amide bonds. The van der Waals surface area contributed by atoms with Gasteiger partial charge in [-0.15, -0.1) is 0 Å². The van der Waals surface area contributed by atoms with E-state index in [0.717, 1.165) is 12.1 Å². The minimum absolute atomic E-state index is 0.0928. The van der Waals surface area contributed by atoms with Crippen molar-refractivity contribution in [1.82, 2.24) is 10.9 Å². The molecule has 1 aromatic rings. The molecule has 17 heavy (non-hydrogen) atoms. The van der Waals surface area contributed by atoms with Crippen LogP contribution in [-0.4, -0.2) is 5.91 Å². The lowest BCUT2D eigenvalue weighted by Gasteiger charge is -2.19. The molecule has 2 N–H and O–H groups in total. The van der Waals surface area contributed by atoms with Crippen LogP contribution in [0.1, 0.15) is 36.5 Å². The van der Waals surface area contributed by atoms with Gasteiger partial charge < -0.3 is 5.43 Å². The fraction of sp³-hybridized carbons (Fsp3) is 0.357. The summed E-state index contributed by atoms with van der Waals surface area (Å²) in [5.41, 5.74) is 7.53. The summed E-state index contributed by atoms with van der Waals surface area (Å²) in [4.78, 5) is 11.8. The molecule has 0 unspecified atom stereocenters. The molecule has 0 aromatic heterocycles. The minimum atomic E-state index is -0.0928. The van der Waals surface area contributed by atoms with E-state index in [1.165, 1.54) is 12.8 Å². The number of allylic oxidation sites excluding steroid dienone is 2. The maximum absolute atomic E-state index is 11.8. The summed E-state index contributed by atoms with van der Waals surface area (Å²) in [7, 11) is 0. The quantitative estimate of drug-likeness (QED) is 0.784. The van der Waals surface area contributed by atoms with Crippen molar-refractivity contribution in [1.29, 1.82) is 0 Å². The largest absolute Gasteiger partial charge is 0.303 e. The first kappa shape index (κ1) is 11.7. The molecule has 1 atom stereocenters. The van der Waals surface area contributed by atoms with Gasteiger partial charge in [0, 0.05) is 11.3 Å². The fourth-order valence-corrected chi connectivity index (χ4v) is 2.03. The van der Waals surface area contributed by atoms with Crippen LogP contribution in [0.25, 0.3) is 0 Å². The van der Waals surface area contributed by atoms with E-state index in [4.69, 9.17) is 0 Å². The standard InChI is InChI=1S/C14H18N2O/c1-11-6-5-9-13(10-11)15-16-14(17)12-7-3-2-4-8-12/h2-4,7-8,10-11,15H,5-6,9H2,1H3,(H,16,17)/t11-/m0/s1. The van der Waals surface area contributed by atoms with Gasteiger partial charge in [0.1, 0.15) is 0 Å². The van der Waals surface area contributed by atoms with Crippen molar-refractivity contribution in [2.24, 2.45) is 5.92 Å². The van der Waals surface area contributed by atoms with Crippen LogP contribution in [-0.2, 0) is 0 Å². The molecule has 1 aliphatic rings. The molecule has 0 saturated heterocycles. The molecule has 2 rings (SSSR count). The molecule has 0 aliphatic heterocycles. The Hall–Kier alpha value is -1.77. The van der Waals surface area contributed by atoms with Crippen LogP contribution < -0.4 is 10.9 Å². The molecule has 90 valence electrons. The summed E-state index contributed by atoms with van der Waals surface area (Å²) in [5, 5.41) is 0. The fourth-order valence-electron chi connectivity index (χ4n) is 2.03. The van der Waals surface area contributed by atoms with Crippen LogP contribution in [0.3, 0.4) is 0 Å². The SMILES string of the molecule is C[C@@H]1C=C(NNC(=O)c2ccccc2)CCC1. The van der Waals surface area contributed by atoms with E-state index in [2.05, 4.69) is 23.9 Å². The van der Waals surface area contributed by atoms with Crippen LogP contribution in [0.15, 0.2) is 42.1 Å². The Labute approximate surface area is 102 Å². The van der Waals surface area contributed by atoms with Gasteiger partial charge in [-0.2, -0.15) is 0 Å². The number of amides is 1.